The second kappa shape index (κ2) is 5.98. The zero-order chi connectivity index (χ0) is 8.81. The standard InChI is InChI=1S/C10H19BrO/c1-2-4-9(8-11)7-10-5-3-6-12-10/h9-10H,2-8H2,1H3/t9?,10-/m0/s1. The van der Waals surface area contributed by atoms with Gasteiger partial charge in [0.1, 0.15) is 0 Å². The van der Waals surface area contributed by atoms with Gasteiger partial charge in [0, 0.05) is 11.9 Å². The molecule has 12 heavy (non-hydrogen) atoms. The second-order valence-corrected chi connectivity index (χ2v) is 4.33. The molecule has 1 heterocycles. The molecule has 1 aliphatic heterocycles. The maximum Gasteiger partial charge on any atom is 0.0578 e. The molecular formula is C10H19BrO. The van der Waals surface area contributed by atoms with Crippen LogP contribution in [0.5, 0.6) is 0 Å². The fourth-order valence-corrected chi connectivity index (χ4v) is 2.46. The molecule has 1 unspecified atom stereocenters. The molecule has 0 spiro atoms. The highest BCUT2D eigenvalue weighted by Gasteiger charge is 2.19. The highest BCUT2D eigenvalue weighted by atomic mass is 79.9. The predicted octanol–water partition coefficient (Wildman–Crippen LogP) is 3.37. The van der Waals surface area contributed by atoms with Gasteiger partial charge in [-0.15, -0.1) is 0 Å². The van der Waals surface area contributed by atoms with Crippen molar-refractivity contribution in [1.29, 1.82) is 0 Å². The Morgan fingerprint density at radius 2 is 2.42 bits per heavy atom. The van der Waals surface area contributed by atoms with Gasteiger partial charge in [-0.05, 0) is 31.6 Å². The summed E-state index contributed by atoms with van der Waals surface area (Å²) in [6.07, 6.45) is 7.02. The Balaban J connectivity index is 2.16. The molecule has 0 aromatic heterocycles. The average Bonchev–Trinajstić information content (AvgIpc) is 2.56. The van der Waals surface area contributed by atoms with Crippen molar-refractivity contribution in [2.75, 3.05) is 11.9 Å². The van der Waals surface area contributed by atoms with E-state index in [1.54, 1.807) is 0 Å². The minimum absolute atomic E-state index is 0.569. The van der Waals surface area contributed by atoms with E-state index in [0.717, 1.165) is 17.9 Å². The third-order valence-electron chi connectivity index (χ3n) is 2.54. The van der Waals surface area contributed by atoms with Gasteiger partial charge >= 0.3 is 0 Å². The summed E-state index contributed by atoms with van der Waals surface area (Å²) >= 11 is 3.57. The Morgan fingerprint density at radius 3 is 2.92 bits per heavy atom. The second-order valence-electron chi connectivity index (χ2n) is 3.68. The minimum Gasteiger partial charge on any atom is -0.378 e. The van der Waals surface area contributed by atoms with E-state index in [2.05, 4.69) is 22.9 Å². The maximum absolute atomic E-state index is 5.61. The number of hydrogen-bond acceptors (Lipinski definition) is 1. The van der Waals surface area contributed by atoms with Crippen LogP contribution in [0.25, 0.3) is 0 Å². The lowest BCUT2D eigenvalue weighted by molar-refractivity contribution is 0.0913. The van der Waals surface area contributed by atoms with E-state index in [4.69, 9.17) is 4.74 Å². The first kappa shape index (κ1) is 10.5. The monoisotopic (exact) mass is 234 g/mol. The van der Waals surface area contributed by atoms with E-state index in [1.807, 2.05) is 0 Å². The first-order valence-electron chi connectivity index (χ1n) is 5.04. The van der Waals surface area contributed by atoms with Gasteiger partial charge in [-0.2, -0.15) is 0 Å². The smallest absolute Gasteiger partial charge is 0.0578 e. The van der Waals surface area contributed by atoms with E-state index in [-0.39, 0.29) is 0 Å². The lowest BCUT2D eigenvalue weighted by atomic mass is 9.97. The van der Waals surface area contributed by atoms with E-state index in [0.29, 0.717) is 6.10 Å². The third kappa shape index (κ3) is 3.44. The van der Waals surface area contributed by atoms with Gasteiger partial charge in [-0.1, -0.05) is 29.3 Å². The van der Waals surface area contributed by atoms with Gasteiger partial charge in [0.2, 0.25) is 0 Å². The highest BCUT2D eigenvalue weighted by molar-refractivity contribution is 9.09. The Kier molecular flexibility index (Phi) is 5.24. The zero-order valence-electron chi connectivity index (χ0n) is 7.89. The van der Waals surface area contributed by atoms with Crippen molar-refractivity contribution in [2.24, 2.45) is 5.92 Å². The molecule has 2 heteroatoms. The summed E-state index contributed by atoms with van der Waals surface area (Å²) < 4.78 is 5.61. The van der Waals surface area contributed by atoms with Crippen LogP contribution in [-0.4, -0.2) is 18.0 Å². The fourth-order valence-electron chi connectivity index (χ4n) is 1.87. The van der Waals surface area contributed by atoms with Crippen molar-refractivity contribution >= 4 is 15.9 Å². The van der Waals surface area contributed by atoms with E-state index < -0.39 is 0 Å². The number of rotatable bonds is 5. The van der Waals surface area contributed by atoms with Crippen LogP contribution in [0.15, 0.2) is 0 Å². The molecule has 1 rings (SSSR count). The van der Waals surface area contributed by atoms with E-state index >= 15 is 0 Å². The summed E-state index contributed by atoms with van der Waals surface area (Å²) in [5, 5.41) is 1.14. The Morgan fingerprint density at radius 1 is 1.58 bits per heavy atom. The molecule has 1 aliphatic rings. The molecule has 0 amide bonds. The quantitative estimate of drug-likeness (QED) is 0.664. The summed E-state index contributed by atoms with van der Waals surface area (Å²) in [6, 6.07) is 0. The van der Waals surface area contributed by atoms with Crippen molar-refractivity contribution in [2.45, 2.75) is 45.1 Å². The SMILES string of the molecule is CCCC(CBr)C[C@@H]1CCCO1. The molecule has 0 aromatic carbocycles. The normalized spacial score (nSPS) is 26.0. The van der Waals surface area contributed by atoms with Gasteiger partial charge < -0.3 is 4.74 Å². The summed E-state index contributed by atoms with van der Waals surface area (Å²) in [5.41, 5.74) is 0. The van der Waals surface area contributed by atoms with Crippen LogP contribution in [0.4, 0.5) is 0 Å². The van der Waals surface area contributed by atoms with Crippen molar-refractivity contribution in [3.8, 4) is 0 Å². The Labute approximate surface area is 84.0 Å². The van der Waals surface area contributed by atoms with Crippen molar-refractivity contribution in [1.82, 2.24) is 0 Å². The highest BCUT2D eigenvalue weighted by Crippen LogP contribution is 2.23. The molecule has 2 atom stereocenters. The lowest BCUT2D eigenvalue weighted by Crippen LogP contribution is -2.13. The minimum atomic E-state index is 0.569. The topological polar surface area (TPSA) is 9.23 Å². The molecule has 0 aromatic rings. The van der Waals surface area contributed by atoms with Crippen LogP contribution in [0, 0.1) is 5.92 Å². The maximum atomic E-state index is 5.61. The van der Waals surface area contributed by atoms with Crippen molar-refractivity contribution in [3.05, 3.63) is 0 Å². The van der Waals surface area contributed by atoms with Crippen LogP contribution in [-0.2, 0) is 4.74 Å². The number of alkyl halides is 1. The van der Waals surface area contributed by atoms with E-state index in [9.17, 15) is 0 Å². The number of hydrogen-bond donors (Lipinski definition) is 0. The van der Waals surface area contributed by atoms with Gasteiger partial charge in [0.15, 0.2) is 0 Å². The summed E-state index contributed by atoms with van der Waals surface area (Å²) in [7, 11) is 0. The molecule has 1 fully saturated rings. The first-order chi connectivity index (χ1) is 5.86. The first-order valence-corrected chi connectivity index (χ1v) is 6.16. The molecule has 0 aliphatic carbocycles. The summed E-state index contributed by atoms with van der Waals surface area (Å²) in [6.45, 7) is 3.25. The van der Waals surface area contributed by atoms with Crippen LogP contribution >= 0.6 is 15.9 Å². The van der Waals surface area contributed by atoms with E-state index in [1.165, 1.54) is 32.1 Å². The largest absolute Gasteiger partial charge is 0.378 e. The molecule has 0 N–H and O–H groups in total. The predicted molar refractivity (Wildman–Crippen MR) is 55.8 cm³/mol. The average molecular weight is 235 g/mol. The molecular weight excluding hydrogens is 216 g/mol. The molecule has 1 nitrogen and oxygen atoms in total. The summed E-state index contributed by atoms with van der Waals surface area (Å²) in [4.78, 5) is 0. The molecule has 0 saturated carbocycles. The number of ether oxygens (including phenoxy) is 1. The van der Waals surface area contributed by atoms with Crippen molar-refractivity contribution in [3.63, 3.8) is 0 Å². The van der Waals surface area contributed by atoms with Crippen LogP contribution in [0.2, 0.25) is 0 Å². The molecule has 1 saturated heterocycles. The van der Waals surface area contributed by atoms with Gasteiger partial charge in [0.25, 0.3) is 0 Å². The van der Waals surface area contributed by atoms with Gasteiger partial charge in [-0.3, -0.25) is 0 Å². The van der Waals surface area contributed by atoms with Crippen LogP contribution < -0.4 is 0 Å². The number of halogens is 1. The Hall–Kier alpha value is 0.440. The molecule has 0 radical (unpaired) electrons. The van der Waals surface area contributed by atoms with Crippen LogP contribution in [0.1, 0.15) is 39.0 Å². The molecule has 0 bridgehead atoms. The summed E-state index contributed by atoms with van der Waals surface area (Å²) in [5.74, 6) is 0.832. The van der Waals surface area contributed by atoms with Crippen molar-refractivity contribution < 1.29 is 4.74 Å². The van der Waals surface area contributed by atoms with Crippen LogP contribution in [0.3, 0.4) is 0 Å². The molecule has 72 valence electrons. The Bertz CT molecular complexity index is 110. The fraction of sp³-hybridized carbons (Fsp3) is 1.00. The van der Waals surface area contributed by atoms with Gasteiger partial charge in [0.05, 0.1) is 6.10 Å². The van der Waals surface area contributed by atoms with Gasteiger partial charge in [-0.25, -0.2) is 0 Å². The zero-order valence-corrected chi connectivity index (χ0v) is 9.48. The third-order valence-corrected chi connectivity index (χ3v) is 3.45. The lowest BCUT2D eigenvalue weighted by Gasteiger charge is -2.16.